The average molecular weight is 550 g/mol. The van der Waals surface area contributed by atoms with E-state index in [0.29, 0.717) is 29.6 Å². The second-order valence-electron chi connectivity index (χ2n) is 10.9. The molecule has 4 aromatic heterocycles. The van der Waals surface area contributed by atoms with Crippen molar-refractivity contribution in [3.63, 3.8) is 0 Å². The number of carbonyl (C=O) groups is 1. The minimum atomic E-state index is -0.0512. The zero-order valence-corrected chi connectivity index (χ0v) is 22.7. The molecule has 0 saturated carbocycles. The number of fused-ring (bicyclic) bond motifs is 3. The van der Waals surface area contributed by atoms with E-state index >= 15 is 0 Å². The Labute approximate surface area is 236 Å². The van der Waals surface area contributed by atoms with E-state index in [9.17, 15) is 4.79 Å². The predicted octanol–water partition coefficient (Wildman–Crippen LogP) is 4.04. The number of nitrogens with one attached hydrogen (secondary N) is 1. The van der Waals surface area contributed by atoms with Gasteiger partial charge < -0.3 is 21.1 Å². The number of hydrogen-bond donors (Lipinski definition) is 3. The number of pyridine rings is 1. The van der Waals surface area contributed by atoms with Crippen LogP contribution >= 0.6 is 0 Å². The quantitative estimate of drug-likeness (QED) is 0.287. The van der Waals surface area contributed by atoms with Gasteiger partial charge in [0.05, 0.1) is 24.2 Å². The van der Waals surface area contributed by atoms with Crippen LogP contribution in [0, 0.1) is 0 Å². The molecule has 2 aliphatic rings. The lowest BCUT2D eigenvalue weighted by atomic mass is 9.85. The van der Waals surface area contributed by atoms with E-state index in [2.05, 4.69) is 15.3 Å². The number of anilines is 2. The number of nitrogens with zero attached hydrogens (tertiary/aromatic N) is 6. The number of H-pyrrole nitrogens is 1. The van der Waals surface area contributed by atoms with Crippen LogP contribution in [-0.4, -0.2) is 59.8 Å². The molecule has 0 radical (unpaired) electrons. The maximum atomic E-state index is 13.3. The van der Waals surface area contributed by atoms with Gasteiger partial charge in [0.2, 0.25) is 0 Å². The summed E-state index contributed by atoms with van der Waals surface area (Å²) in [5.74, 6) is 0.909. The summed E-state index contributed by atoms with van der Waals surface area (Å²) in [5, 5.41) is 11.3. The molecule has 1 amide bonds. The first-order chi connectivity index (χ1) is 20.0. The molecule has 2 saturated heterocycles. The number of rotatable bonds is 6. The van der Waals surface area contributed by atoms with Gasteiger partial charge >= 0.3 is 0 Å². The lowest BCUT2D eigenvalue weighted by Gasteiger charge is -2.39. The summed E-state index contributed by atoms with van der Waals surface area (Å²) < 4.78 is 7.25. The van der Waals surface area contributed by atoms with Crippen LogP contribution in [0.5, 0.6) is 0 Å². The van der Waals surface area contributed by atoms with Crippen molar-refractivity contribution in [1.82, 2.24) is 34.7 Å². The number of ether oxygens (including phenoxy) is 1. The molecule has 3 atom stereocenters. The topological polar surface area (TPSA) is 153 Å². The van der Waals surface area contributed by atoms with Crippen molar-refractivity contribution in [3.05, 3.63) is 77.9 Å². The van der Waals surface area contributed by atoms with Gasteiger partial charge in [-0.1, -0.05) is 36.4 Å². The van der Waals surface area contributed by atoms with Crippen LogP contribution in [0.4, 0.5) is 11.6 Å². The molecule has 11 heteroatoms. The average Bonchev–Trinajstić information content (AvgIpc) is 3.70. The first-order valence-corrected chi connectivity index (χ1v) is 13.8. The zero-order valence-electron chi connectivity index (χ0n) is 22.7. The number of amides is 1. The largest absolute Gasteiger partial charge is 0.383 e. The van der Waals surface area contributed by atoms with Gasteiger partial charge in [-0.15, -0.1) is 0 Å². The van der Waals surface area contributed by atoms with Gasteiger partial charge in [-0.2, -0.15) is 14.7 Å². The Hall–Kier alpha value is -4.77. The highest BCUT2D eigenvalue weighted by molar-refractivity contribution is 5.93. The highest BCUT2D eigenvalue weighted by Crippen LogP contribution is 2.45. The second-order valence-corrected chi connectivity index (χ2v) is 10.9. The molecule has 0 unspecified atom stereocenters. The molecule has 2 fully saturated rings. The van der Waals surface area contributed by atoms with E-state index in [-0.39, 0.29) is 23.9 Å². The molecular weight excluding hydrogens is 518 g/mol. The number of nitrogens with two attached hydrogens (primary N) is 2. The van der Waals surface area contributed by atoms with Crippen LogP contribution < -0.4 is 11.5 Å². The van der Waals surface area contributed by atoms with Crippen molar-refractivity contribution in [2.45, 2.75) is 50.3 Å². The van der Waals surface area contributed by atoms with Gasteiger partial charge in [-0.25, -0.2) is 4.98 Å². The van der Waals surface area contributed by atoms with Crippen molar-refractivity contribution in [1.29, 1.82) is 0 Å². The first-order valence-electron chi connectivity index (χ1n) is 13.8. The monoisotopic (exact) mass is 549 g/mol. The van der Waals surface area contributed by atoms with Crippen molar-refractivity contribution in [2.75, 3.05) is 18.6 Å². The number of carbonyl (C=O) groups excluding carboxylic acids is 1. The molecule has 5 N–H and O–H groups in total. The molecule has 7 rings (SSSR count). The standard InChI is InChI=1S/C30H31N9O2/c1-41-16-23-27(19-11-20-8-9-21(12-19)38(20)30(40)25-13-26(31)37-36-25)35-29-22(15-34-39(29)28(23)32)18-7-10-24(33-14-18)17-5-3-2-4-6-17/h2-7,10,13-15,19-21H,8-9,11-12,16,32H2,1H3,(H3,31,36,37)/t19-,20+,21-. The van der Waals surface area contributed by atoms with Crippen LogP contribution in [0.3, 0.4) is 0 Å². The zero-order chi connectivity index (χ0) is 28.1. The van der Waals surface area contributed by atoms with Crippen LogP contribution in [-0.2, 0) is 11.3 Å². The third-order valence-corrected chi connectivity index (χ3v) is 8.43. The van der Waals surface area contributed by atoms with Gasteiger partial charge in [0.25, 0.3) is 5.91 Å². The maximum Gasteiger partial charge on any atom is 0.272 e. The highest BCUT2D eigenvalue weighted by atomic mass is 16.5. The van der Waals surface area contributed by atoms with Crippen LogP contribution in [0.2, 0.25) is 0 Å². The second kappa shape index (κ2) is 10.0. The number of nitrogen functional groups attached to an aromatic ring is 2. The number of aromatic nitrogens is 6. The fraction of sp³-hybridized carbons (Fsp3) is 0.300. The summed E-state index contributed by atoms with van der Waals surface area (Å²) in [7, 11) is 1.66. The van der Waals surface area contributed by atoms with E-state index < -0.39 is 0 Å². The first kappa shape index (κ1) is 25.2. The van der Waals surface area contributed by atoms with Gasteiger partial charge in [0, 0.05) is 59.6 Å². The summed E-state index contributed by atoms with van der Waals surface area (Å²) in [5.41, 5.74) is 19.1. The van der Waals surface area contributed by atoms with E-state index in [1.54, 1.807) is 23.9 Å². The predicted molar refractivity (Wildman–Crippen MR) is 155 cm³/mol. The van der Waals surface area contributed by atoms with Gasteiger partial charge in [0.15, 0.2) is 5.65 Å². The van der Waals surface area contributed by atoms with Crippen molar-refractivity contribution in [2.24, 2.45) is 0 Å². The minimum Gasteiger partial charge on any atom is -0.383 e. The summed E-state index contributed by atoms with van der Waals surface area (Å²) >= 11 is 0. The van der Waals surface area contributed by atoms with Crippen LogP contribution in [0.15, 0.2) is 60.9 Å². The number of piperidine rings is 1. The fourth-order valence-electron chi connectivity index (χ4n) is 6.55. The Morgan fingerprint density at radius 3 is 2.49 bits per heavy atom. The summed E-state index contributed by atoms with van der Waals surface area (Å²) in [6.07, 6.45) is 7.13. The molecule has 11 nitrogen and oxygen atoms in total. The van der Waals surface area contributed by atoms with E-state index in [1.807, 2.05) is 53.6 Å². The Morgan fingerprint density at radius 1 is 1.05 bits per heavy atom. The van der Waals surface area contributed by atoms with Crippen LogP contribution in [0.25, 0.3) is 28.0 Å². The molecule has 2 aliphatic heterocycles. The molecule has 208 valence electrons. The van der Waals surface area contributed by atoms with Crippen molar-refractivity contribution >= 4 is 23.2 Å². The third-order valence-electron chi connectivity index (χ3n) is 8.43. The SMILES string of the molecule is COCc1c([C@H]2C[C@H]3CC[C@@H](C2)N3C(=O)c2cc(N)n[nH]2)nc2c(-c3ccc(-c4ccccc4)nc3)cnn2c1N. The summed E-state index contributed by atoms with van der Waals surface area (Å²) in [6, 6.07) is 15.9. The Balaban J connectivity index is 1.24. The minimum absolute atomic E-state index is 0.0512. The number of benzene rings is 1. The molecular formula is C30H31N9O2. The number of methoxy groups -OCH3 is 1. The Kier molecular flexibility index (Phi) is 6.15. The maximum absolute atomic E-state index is 13.3. The van der Waals surface area contributed by atoms with E-state index in [1.165, 1.54) is 0 Å². The van der Waals surface area contributed by atoms with Crippen molar-refractivity contribution in [3.8, 4) is 22.4 Å². The smallest absolute Gasteiger partial charge is 0.272 e. The molecule has 6 heterocycles. The lowest BCUT2D eigenvalue weighted by molar-refractivity contribution is 0.0562. The van der Waals surface area contributed by atoms with E-state index in [4.69, 9.17) is 26.2 Å². The van der Waals surface area contributed by atoms with Gasteiger partial charge in [-0.05, 0) is 31.7 Å². The number of hydrogen-bond acceptors (Lipinski definition) is 8. The molecule has 1 aromatic carbocycles. The summed E-state index contributed by atoms with van der Waals surface area (Å²) in [6.45, 7) is 0.328. The number of aromatic amines is 1. The van der Waals surface area contributed by atoms with Gasteiger partial charge in [0.1, 0.15) is 17.3 Å². The van der Waals surface area contributed by atoms with Crippen molar-refractivity contribution < 1.29 is 9.53 Å². The molecule has 41 heavy (non-hydrogen) atoms. The fourth-order valence-corrected chi connectivity index (χ4v) is 6.55. The molecule has 5 aromatic rings. The van der Waals surface area contributed by atoms with E-state index in [0.717, 1.165) is 59.3 Å². The third kappa shape index (κ3) is 4.29. The lowest BCUT2D eigenvalue weighted by Crippen LogP contribution is -2.46. The highest BCUT2D eigenvalue weighted by Gasteiger charge is 2.45. The Morgan fingerprint density at radius 2 is 1.83 bits per heavy atom. The Bertz CT molecular complexity index is 1710. The normalized spacial score (nSPS) is 20.1. The van der Waals surface area contributed by atoms with Gasteiger partial charge in [-0.3, -0.25) is 14.9 Å². The molecule has 0 spiro atoms. The summed E-state index contributed by atoms with van der Waals surface area (Å²) in [4.78, 5) is 25.2. The molecule has 0 aliphatic carbocycles. The van der Waals surface area contributed by atoms with Crippen LogP contribution in [0.1, 0.15) is 53.3 Å². The molecule has 2 bridgehead atoms.